The van der Waals surface area contributed by atoms with Crippen molar-refractivity contribution in [3.8, 4) is 17.6 Å². The molecule has 0 heterocycles. The maximum absolute atomic E-state index is 13.5. The van der Waals surface area contributed by atoms with E-state index in [1.165, 1.54) is 31.2 Å². The summed E-state index contributed by atoms with van der Waals surface area (Å²) in [6.07, 6.45) is -5.52. The fourth-order valence-electron chi connectivity index (χ4n) is 3.17. The third-order valence-electron chi connectivity index (χ3n) is 4.97. The highest BCUT2D eigenvalue weighted by Gasteiger charge is 2.32. The first-order valence-electron chi connectivity index (χ1n) is 10.5. The molecule has 194 valence electrons. The number of amides is 1. The average molecular weight is 553 g/mol. The van der Waals surface area contributed by atoms with Crippen LogP contribution in [0.1, 0.15) is 23.6 Å². The van der Waals surface area contributed by atoms with Gasteiger partial charge < -0.3 is 4.74 Å². The van der Waals surface area contributed by atoms with E-state index in [0.29, 0.717) is 12.1 Å². The number of nitrogens with one attached hydrogen (secondary N) is 1. The molecule has 0 aliphatic heterocycles. The zero-order valence-electron chi connectivity index (χ0n) is 19.1. The van der Waals surface area contributed by atoms with Crippen LogP contribution in [-0.4, -0.2) is 28.5 Å². The number of sulfone groups is 1. The lowest BCUT2D eigenvalue weighted by atomic mass is 10.1. The number of sulfonamides is 1. The van der Waals surface area contributed by atoms with Crippen molar-refractivity contribution in [1.82, 2.24) is 4.72 Å². The highest BCUT2D eigenvalue weighted by Crippen LogP contribution is 2.35. The largest absolute Gasteiger partial charge is 0.456 e. The second kappa shape index (κ2) is 10.6. The van der Waals surface area contributed by atoms with E-state index >= 15 is 0 Å². The zero-order chi connectivity index (χ0) is 27.4. The average Bonchev–Trinajstić information content (AvgIpc) is 2.83. The van der Waals surface area contributed by atoms with Crippen LogP contribution in [0.25, 0.3) is 0 Å². The van der Waals surface area contributed by atoms with Gasteiger partial charge in [-0.15, -0.1) is 0 Å². The zero-order valence-corrected chi connectivity index (χ0v) is 20.7. The molecule has 0 bridgehead atoms. The number of nitrogens with zero attached hydrogens (tertiary/aromatic N) is 1. The Kier molecular flexibility index (Phi) is 7.94. The van der Waals surface area contributed by atoms with Gasteiger partial charge in [-0.25, -0.2) is 16.8 Å². The van der Waals surface area contributed by atoms with Crippen molar-refractivity contribution >= 4 is 25.8 Å². The standard InChI is InChI=1S/C24H19F3N2O6S2/c1-2-36(31,32)29-23(30)12-16-10-18(24(25,26)27)14-19(11-16)35-22-9-8-21(13-17(22)15-28)37(33,34)20-6-4-3-5-7-20/h3-11,13-14H,2,12H2,1H3,(H,29,30). The molecule has 0 aliphatic carbocycles. The first-order valence-corrected chi connectivity index (χ1v) is 13.7. The van der Waals surface area contributed by atoms with Crippen molar-refractivity contribution in [3.05, 3.63) is 83.4 Å². The Morgan fingerprint density at radius 1 is 0.973 bits per heavy atom. The fourth-order valence-corrected chi connectivity index (χ4v) is 5.04. The Morgan fingerprint density at radius 3 is 2.24 bits per heavy atom. The minimum absolute atomic E-state index is 0.0153. The lowest BCUT2D eigenvalue weighted by molar-refractivity contribution is -0.137. The number of rotatable bonds is 8. The van der Waals surface area contributed by atoms with Gasteiger partial charge in [-0.2, -0.15) is 18.4 Å². The summed E-state index contributed by atoms with van der Waals surface area (Å²) in [5, 5.41) is 9.53. The van der Waals surface area contributed by atoms with Gasteiger partial charge in [0.15, 0.2) is 0 Å². The molecule has 0 fully saturated rings. The predicted octanol–water partition coefficient (Wildman–Crippen LogP) is 4.21. The van der Waals surface area contributed by atoms with Crippen molar-refractivity contribution in [2.45, 2.75) is 29.3 Å². The molecular formula is C24H19F3N2O6S2. The molecule has 0 aromatic heterocycles. The van der Waals surface area contributed by atoms with Crippen molar-refractivity contribution in [1.29, 1.82) is 5.26 Å². The summed E-state index contributed by atoms with van der Waals surface area (Å²) in [6, 6.07) is 14.9. The molecule has 0 saturated carbocycles. The normalized spacial score (nSPS) is 12.0. The topological polar surface area (TPSA) is 130 Å². The van der Waals surface area contributed by atoms with Crippen molar-refractivity contribution < 1.29 is 39.5 Å². The van der Waals surface area contributed by atoms with Crippen LogP contribution in [-0.2, 0) is 37.3 Å². The second-order valence-corrected chi connectivity index (χ2v) is 11.6. The molecule has 1 N–H and O–H groups in total. The smallest absolute Gasteiger partial charge is 0.416 e. The molecule has 0 saturated heterocycles. The Morgan fingerprint density at radius 2 is 1.65 bits per heavy atom. The molecule has 1 amide bonds. The molecule has 0 aliphatic rings. The van der Waals surface area contributed by atoms with Crippen molar-refractivity contribution in [2.24, 2.45) is 0 Å². The van der Waals surface area contributed by atoms with Crippen LogP contribution in [0.2, 0.25) is 0 Å². The number of hydrogen-bond donors (Lipinski definition) is 1. The third kappa shape index (κ3) is 6.87. The number of halogens is 3. The summed E-state index contributed by atoms with van der Waals surface area (Å²) in [5.74, 6) is -2.06. The van der Waals surface area contributed by atoms with Crippen LogP contribution < -0.4 is 9.46 Å². The number of carbonyl (C=O) groups is 1. The van der Waals surface area contributed by atoms with Gasteiger partial charge in [0, 0.05) is 0 Å². The molecule has 0 spiro atoms. The third-order valence-corrected chi connectivity index (χ3v) is 8.04. The maximum Gasteiger partial charge on any atom is 0.416 e. The Hall–Kier alpha value is -3.89. The van der Waals surface area contributed by atoms with Gasteiger partial charge in [0.25, 0.3) is 0 Å². The van der Waals surface area contributed by atoms with Crippen LogP contribution in [0.3, 0.4) is 0 Å². The minimum atomic E-state index is -4.83. The van der Waals surface area contributed by atoms with Crippen LogP contribution in [0.4, 0.5) is 13.2 Å². The number of hydrogen-bond acceptors (Lipinski definition) is 7. The number of ether oxygens (including phenoxy) is 1. The van der Waals surface area contributed by atoms with Gasteiger partial charge in [0.2, 0.25) is 25.8 Å². The van der Waals surface area contributed by atoms with Crippen molar-refractivity contribution in [3.63, 3.8) is 0 Å². The summed E-state index contributed by atoms with van der Waals surface area (Å²) in [7, 11) is -7.89. The first kappa shape index (κ1) is 27.7. The quantitative estimate of drug-likeness (QED) is 0.443. The van der Waals surface area contributed by atoms with Crippen LogP contribution in [0.15, 0.2) is 76.5 Å². The Balaban J connectivity index is 1.97. The summed E-state index contributed by atoms with van der Waals surface area (Å²) in [5.41, 5.74) is -1.63. The Labute approximate surface area is 211 Å². The number of nitriles is 1. The fraction of sp³-hybridized carbons (Fsp3) is 0.167. The van der Waals surface area contributed by atoms with Gasteiger partial charge in [-0.1, -0.05) is 18.2 Å². The molecule has 13 heteroatoms. The van der Waals surface area contributed by atoms with Gasteiger partial charge in [0.05, 0.1) is 33.1 Å². The van der Waals surface area contributed by atoms with E-state index in [9.17, 15) is 40.1 Å². The van der Waals surface area contributed by atoms with Crippen molar-refractivity contribution in [2.75, 3.05) is 5.75 Å². The summed E-state index contributed by atoms with van der Waals surface area (Å²) >= 11 is 0. The lowest BCUT2D eigenvalue weighted by Gasteiger charge is -2.14. The van der Waals surface area contributed by atoms with E-state index in [2.05, 4.69) is 0 Å². The van der Waals surface area contributed by atoms with E-state index in [0.717, 1.165) is 24.3 Å². The number of alkyl halides is 3. The number of benzene rings is 3. The molecular weight excluding hydrogens is 533 g/mol. The van der Waals surface area contributed by atoms with Gasteiger partial charge in [-0.3, -0.25) is 9.52 Å². The van der Waals surface area contributed by atoms with Gasteiger partial charge in [0.1, 0.15) is 17.6 Å². The highest BCUT2D eigenvalue weighted by molar-refractivity contribution is 7.91. The summed E-state index contributed by atoms with van der Waals surface area (Å²) in [6.45, 7) is 1.29. The summed E-state index contributed by atoms with van der Waals surface area (Å²) in [4.78, 5) is 11.8. The minimum Gasteiger partial charge on any atom is -0.456 e. The van der Waals surface area contributed by atoms with Gasteiger partial charge >= 0.3 is 6.18 Å². The maximum atomic E-state index is 13.5. The van der Waals surface area contributed by atoms with E-state index in [1.807, 2.05) is 0 Å². The highest BCUT2D eigenvalue weighted by atomic mass is 32.2. The van der Waals surface area contributed by atoms with Crippen LogP contribution in [0.5, 0.6) is 11.5 Å². The molecule has 3 aromatic rings. The molecule has 37 heavy (non-hydrogen) atoms. The SMILES string of the molecule is CCS(=O)(=O)NC(=O)Cc1cc(Oc2ccc(S(=O)(=O)c3ccccc3)cc2C#N)cc(C(F)(F)F)c1. The van der Waals surface area contributed by atoms with E-state index in [-0.39, 0.29) is 26.7 Å². The molecule has 8 nitrogen and oxygen atoms in total. The monoisotopic (exact) mass is 552 g/mol. The van der Waals surface area contributed by atoms with E-state index < -0.39 is 55.4 Å². The van der Waals surface area contributed by atoms with Crippen LogP contribution >= 0.6 is 0 Å². The number of carbonyl (C=O) groups excluding carboxylic acids is 1. The molecule has 3 aromatic carbocycles. The molecule has 3 rings (SSSR count). The first-order chi connectivity index (χ1) is 17.2. The summed E-state index contributed by atoms with van der Waals surface area (Å²) < 4.78 is 96.5. The molecule has 0 radical (unpaired) electrons. The van der Waals surface area contributed by atoms with E-state index in [1.54, 1.807) is 16.9 Å². The Bertz CT molecular complexity index is 1580. The lowest BCUT2D eigenvalue weighted by Crippen LogP contribution is -2.32. The van der Waals surface area contributed by atoms with Crippen LogP contribution in [0, 0.1) is 11.3 Å². The van der Waals surface area contributed by atoms with Gasteiger partial charge in [-0.05, 0) is 61.0 Å². The second-order valence-electron chi connectivity index (χ2n) is 7.66. The predicted molar refractivity (Wildman–Crippen MR) is 126 cm³/mol. The van der Waals surface area contributed by atoms with E-state index in [4.69, 9.17) is 4.74 Å². The molecule has 0 atom stereocenters. The molecule has 0 unspecified atom stereocenters.